The SMILES string of the molecule is COC(=O)C(C)CN(C)CC1CN(CC(C)C)CCO1. The summed E-state index contributed by atoms with van der Waals surface area (Å²) in [5.41, 5.74) is 0. The lowest BCUT2D eigenvalue weighted by atomic mass is 10.1. The number of hydrogen-bond donors (Lipinski definition) is 0. The van der Waals surface area contributed by atoms with Gasteiger partial charge in [-0.3, -0.25) is 9.69 Å². The van der Waals surface area contributed by atoms with Crippen molar-refractivity contribution in [3.05, 3.63) is 0 Å². The summed E-state index contributed by atoms with van der Waals surface area (Å²) < 4.78 is 10.6. The first kappa shape index (κ1) is 17.4. The number of rotatable bonds is 7. The zero-order chi connectivity index (χ0) is 15.1. The molecule has 5 nitrogen and oxygen atoms in total. The van der Waals surface area contributed by atoms with E-state index >= 15 is 0 Å². The van der Waals surface area contributed by atoms with Gasteiger partial charge in [-0.25, -0.2) is 0 Å². The van der Waals surface area contributed by atoms with Crippen molar-refractivity contribution in [2.24, 2.45) is 11.8 Å². The van der Waals surface area contributed by atoms with Crippen LogP contribution in [0.1, 0.15) is 20.8 Å². The Morgan fingerprint density at radius 2 is 2.15 bits per heavy atom. The van der Waals surface area contributed by atoms with Crippen molar-refractivity contribution in [1.82, 2.24) is 9.80 Å². The molecule has 1 aliphatic heterocycles. The number of ether oxygens (including phenoxy) is 2. The number of carbonyl (C=O) groups excluding carboxylic acids is 1. The highest BCUT2D eigenvalue weighted by Gasteiger charge is 2.23. The van der Waals surface area contributed by atoms with E-state index in [-0.39, 0.29) is 18.0 Å². The standard InChI is InChI=1S/C15H30N2O3/c1-12(2)8-17-6-7-20-14(11-17)10-16(4)9-13(3)15(18)19-5/h12-14H,6-11H2,1-5H3. The molecule has 0 aromatic carbocycles. The molecule has 0 aliphatic carbocycles. The summed E-state index contributed by atoms with van der Waals surface area (Å²) in [6, 6.07) is 0. The number of nitrogens with zero attached hydrogens (tertiary/aromatic N) is 2. The fourth-order valence-corrected chi connectivity index (χ4v) is 2.74. The van der Waals surface area contributed by atoms with Crippen molar-refractivity contribution in [3.8, 4) is 0 Å². The van der Waals surface area contributed by atoms with Gasteiger partial charge in [-0.05, 0) is 13.0 Å². The van der Waals surface area contributed by atoms with E-state index in [2.05, 4.69) is 23.6 Å². The lowest BCUT2D eigenvalue weighted by Crippen LogP contribution is -2.48. The van der Waals surface area contributed by atoms with Crippen LogP contribution < -0.4 is 0 Å². The molecule has 0 bridgehead atoms. The maximum Gasteiger partial charge on any atom is 0.309 e. The number of esters is 1. The lowest BCUT2D eigenvalue weighted by Gasteiger charge is -2.35. The predicted octanol–water partition coefficient (Wildman–Crippen LogP) is 1.08. The molecular formula is C15H30N2O3. The highest BCUT2D eigenvalue weighted by molar-refractivity contribution is 5.72. The molecule has 2 atom stereocenters. The Morgan fingerprint density at radius 1 is 1.45 bits per heavy atom. The van der Waals surface area contributed by atoms with Crippen LogP contribution in [0.5, 0.6) is 0 Å². The first-order valence-corrected chi connectivity index (χ1v) is 7.52. The maximum atomic E-state index is 11.4. The van der Waals surface area contributed by atoms with Crippen LogP contribution in [0.4, 0.5) is 0 Å². The van der Waals surface area contributed by atoms with Crippen molar-refractivity contribution in [1.29, 1.82) is 0 Å². The summed E-state index contributed by atoms with van der Waals surface area (Å²) in [7, 11) is 3.47. The van der Waals surface area contributed by atoms with Gasteiger partial charge in [0.15, 0.2) is 0 Å². The number of hydrogen-bond acceptors (Lipinski definition) is 5. The average Bonchev–Trinajstić information content (AvgIpc) is 2.37. The van der Waals surface area contributed by atoms with Gasteiger partial charge in [0.1, 0.15) is 0 Å². The third-order valence-corrected chi connectivity index (χ3v) is 3.55. The van der Waals surface area contributed by atoms with Gasteiger partial charge in [0, 0.05) is 32.7 Å². The van der Waals surface area contributed by atoms with Gasteiger partial charge in [0.05, 0.1) is 25.7 Å². The fraction of sp³-hybridized carbons (Fsp3) is 0.933. The molecule has 20 heavy (non-hydrogen) atoms. The summed E-state index contributed by atoms with van der Waals surface area (Å²) in [5, 5.41) is 0. The van der Waals surface area contributed by atoms with E-state index in [4.69, 9.17) is 9.47 Å². The first-order valence-electron chi connectivity index (χ1n) is 7.52. The molecule has 0 saturated carbocycles. The highest BCUT2D eigenvalue weighted by atomic mass is 16.5. The average molecular weight is 286 g/mol. The second-order valence-electron chi connectivity index (χ2n) is 6.29. The highest BCUT2D eigenvalue weighted by Crippen LogP contribution is 2.10. The monoisotopic (exact) mass is 286 g/mol. The van der Waals surface area contributed by atoms with Crippen LogP contribution in [-0.2, 0) is 14.3 Å². The van der Waals surface area contributed by atoms with Crippen molar-refractivity contribution < 1.29 is 14.3 Å². The number of likely N-dealkylation sites (N-methyl/N-ethyl adjacent to an activating group) is 1. The summed E-state index contributed by atoms with van der Waals surface area (Å²) >= 11 is 0. The van der Waals surface area contributed by atoms with Crippen LogP contribution >= 0.6 is 0 Å². The molecule has 1 heterocycles. The van der Waals surface area contributed by atoms with Gasteiger partial charge in [-0.15, -0.1) is 0 Å². The van der Waals surface area contributed by atoms with Crippen LogP contribution in [-0.4, -0.2) is 75.4 Å². The summed E-state index contributed by atoms with van der Waals surface area (Å²) in [6.07, 6.45) is 0.234. The molecule has 0 radical (unpaired) electrons. The third-order valence-electron chi connectivity index (χ3n) is 3.55. The fourth-order valence-electron chi connectivity index (χ4n) is 2.74. The zero-order valence-electron chi connectivity index (χ0n) is 13.6. The van der Waals surface area contributed by atoms with Gasteiger partial charge >= 0.3 is 5.97 Å². The van der Waals surface area contributed by atoms with Crippen molar-refractivity contribution in [3.63, 3.8) is 0 Å². The third kappa shape index (κ3) is 6.20. The van der Waals surface area contributed by atoms with E-state index in [1.54, 1.807) is 0 Å². The minimum absolute atomic E-state index is 0.0969. The van der Waals surface area contributed by atoms with Crippen molar-refractivity contribution >= 4 is 5.97 Å². The number of methoxy groups -OCH3 is 1. The molecule has 0 amide bonds. The van der Waals surface area contributed by atoms with E-state index in [9.17, 15) is 4.79 Å². The van der Waals surface area contributed by atoms with Crippen LogP contribution in [0.25, 0.3) is 0 Å². The first-order chi connectivity index (χ1) is 9.42. The van der Waals surface area contributed by atoms with Gasteiger partial charge in [-0.2, -0.15) is 0 Å². The normalized spacial score (nSPS) is 22.2. The van der Waals surface area contributed by atoms with E-state index in [1.807, 2.05) is 14.0 Å². The molecule has 1 rings (SSSR count). The van der Waals surface area contributed by atoms with E-state index in [0.717, 1.165) is 32.8 Å². The quantitative estimate of drug-likeness (QED) is 0.655. The summed E-state index contributed by atoms with van der Waals surface area (Å²) in [5.74, 6) is 0.439. The predicted molar refractivity (Wildman–Crippen MR) is 79.7 cm³/mol. The summed E-state index contributed by atoms with van der Waals surface area (Å²) in [4.78, 5) is 16.1. The molecule has 1 saturated heterocycles. The summed E-state index contributed by atoms with van der Waals surface area (Å²) in [6.45, 7) is 11.9. The Balaban J connectivity index is 2.33. The van der Waals surface area contributed by atoms with Crippen molar-refractivity contribution in [2.45, 2.75) is 26.9 Å². The van der Waals surface area contributed by atoms with Gasteiger partial charge in [-0.1, -0.05) is 20.8 Å². The topological polar surface area (TPSA) is 42.0 Å². The van der Waals surface area contributed by atoms with Gasteiger partial charge in [0.2, 0.25) is 0 Å². The Kier molecular flexibility index (Phi) is 7.48. The van der Waals surface area contributed by atoms with Gasteiger partial charge in [0.25, 0.3) is 0 Å². The van der Waals surface area contributed by atoms with E-state index < -0.39 is 0 Å². The van der Waals surface area contributed by atoms with Crippen LogP contribution in [0.3, 0.4) is 0 Å². The molecule has 1 fully saturated rings. The molecule has 0 spiro atoms. The van der Waals surface area contributed by atoms with Crippen molar-refractivity contribution in [2.75, 3.05) is 53.5 Å². The molecule has 5 heteroatoms. The Labute approximate surface area is 123 Å². The van der Waals surface area contributed by atoms with Gasteiger partial charge < -0.3 is 14.4 Å². The molecule has 0 aromatic heterocycles. The smallest absolute Gasteiger partial charge is 0.309 e. The second-order valence-corrected chi connectivity index (χ2v) is 6.29. The Hall–Kier alpha value is -0.650. The Bertz CT molecular complexity index is 297. The molecule has 0 N–H and O–H groups in total. The number of morpholine rings is 1. The molecular weight excluding hydrogens is 256 g/mol. The largest absolute Gasteiger partial charge is 0.469 e. The lowest BCUT2D eigenvalue weighted by molar-refractivity contribution is -0.145. The van der Waals surface area contributed by atoms with E-state index in [0.29, 0.717) is 12.5 Å². The second kappa shape index (κ2) is 8.60. The van der Waals surface area contributed by atoms with Crippen LogP contribution in [0.2, 0.25) is 0 Å². The van der Waals surface area contributed by atoms with E-state index in [1.165, 1.54) is 7.11 Å². The molecule has 118 valence electrons. The number of carbonyl (C=O) groups is 1. The molecule has 2 unspecified atom stereocenters. The maximum absolute atomic E-state index is 11.4. The molecule has 1 aliphatic rings. The minimum Gasteiger partial charge on any atom is -0.469 e. The molecule has 0 aromatic rings. The minimum atomic E-state index is -0.150. The van der Waals surface area contributed by atoms with Crippen LogP contribution in [0.15, 0.2) is 0 Å². The Morgan fingerprint density at radius 3 is 2.75 bits per heavy atom. The van der Waals surface area contributed by atoms with Crippen LogP contribution in [0, 0.1) is 11.8 Å². The zero-order valence-corrected chi connectivity index (χ0v) is 13.6.